The van der Waals surface area contributed by atoms with Crippen LogP contribution in [0.4, 0.5) is 17.5 Å². The van der Waals surface area contributed by atoms with E-state index < -0.39 is 0 Å². The van der Waals surface area contributed by atoms with Crippen molar-refractivity contribution in [1.29, 1.82) is 0 Å². The van der Waals surface area contributed by atoms with Gasteiger partial charge in [-0.05, 0) is 31.9 Å². The lowest BCUT2D eigenvalue weighted by molar-refractivity contribution is 0.878. The maximum absolute atomic E-state index is 4.87. The second-order valence-corrected chi connectivity index (χ2v) is 6.63. The largest absolute Gasteiger partial charge is 0.368 e. The summed E-state index contributed by atoms with van der Waals surface area (Å²) in [5.41, 5.74) is 4.61. The van der Waals surface area contributed by atoms with Crippen LogP contribution in [0.15, 0.2) is 60.7 Å². The predicted octanol–water partition coefficient (Wildman–Crippen LogP) is 4.66. The maximum Gasteiger partial charge on any atom is 0.232 e. The van der Waals surface area contributed by atoms with Gasteiger partial charge in [0.15, 0.2) is 0 Å². The van der Waals surface area contributed by atoms with Gasteiger partial charge in [-0.2, -0.15) is 4.98 Å². The summed E-state index contributed by atoms with van der Waals surface area (Å²) in [6.07, 6.45) is 1.03. The minimum Gasteiger partial charge on any atom is -0.368 e. The van der Waals surface area contributed by atoms with E-state index >= 15 is 0 Å². The first-order valence-electron chi connectivity index (χ1n) is 8.77. The molecule has 0 spiro atoms. The molecule has 1 aromatic heterocycles. The number of anilines is 3. The van der Waals surface area contributed by atoms with Crippen LogP contribution in [0.5, 0.6) is 0 Å². The molecule has 1 N–H and O–H groups in total. The first kappa shape index (κ1) is 15.6. The van der Waals surface area contributed by atoms with E-state index in [0.717, 1.165) is 36.0 Å². The standard InChI is InChI=1S/C21H22N4/c1-15(2)22-20-14-18(16-8-4-3-5-9-16)23-21(24-20)25-13-12-17-10-6-7-11-19(17)25/h3-11,14-15H,12-13H2,1-2H3,(H,22,23,24). The molecule has 0 fully saturated rings. The van der Waals surface area contributed by atoms with E-state index in [1.54, 1.807) is 0 Å². The van der Waals surface area contributed by atoms with Gasteiger partial charge < -0.3 is 10.2 Å². The highest BCUT2D eigenvalue weighted by atomic mass is 15.3. The number of benzene rings is 2. The molecule has 0 saturated heterocycles. The summed E-state index contributed by atoms with van der Waals surface area (Å²) in [5, 5.41) is 3.42. The predicted molar refractivity (Wildman–Crippen MR) is 103 cm³/mol. The van der Waals surface area contributed by atoms with Gasteiger partial charge in [-0.15, -0.1) is 0 Å². The first-order valence-corrected chi connectivity index (χ1v) is 8.77. The minimum absolute atomic E-state index is 0.317. The van der Waals surface area contributed by atoms with E-state index in [-0.39, 0.29) is 0 Å². The molecular formula is C21H22N4. The van der Waals surface area contributed by atoms with Crippen molar-refractivity contribution >= 4 is 17.5 Å². The van der Waals surface area contributed by atoms with Crippen LogP contribution in [0.3, 0.4) is 0 Å². The molecule has 126 valence electrons. The van der Waals surface area contributed by atoms with Gasteiger partial charge >= 0.3 is 0 Å². The van der Waals surface area contributed by atoms with E-state index in [9.17, 15) is 0 Å². The van der Waals surface area contributed by atoms with Crippen molar-refractivity contribution in [1.82, 2.24) is 9.97 Å². The van der Waals surface area contributed by atoms with Crippen molar-refractivity contribution in [2.24, 2.45) is 0 Å². The molecule has 1 aliphatic heterocycles. The number of fused-ring (bicyclic) bond motifs is 1. The van der Waals surface area contributed by atoms with Crippen LogP contribution in [-0.4, -0.2) is 22.6 Å². The van der Waals surface area contributed by atoms with Crippen molar-refractivity contribution in [2.45, 2.75) is 26.3 Å². The molecular weight excluding hydrogens is 308 g/mol. The average molecular weight is 330 g/mol. The summed E-state index contributed by atoms with van der Waals surface area (Å²) < 4.78 is 0. The summed E-state index contributed by atoms with van der Waals surface area (Å²) in [4.78, 5) is 11.9. The highest BCUT2D eigenvalue weighted by Crippen LogP contribution is 2.34. The Bertz CT molecular complexity index is 874. The fourth-order valence-corrected chi connectivity index (χ4v) is 3.23. The van der Waals surface area contributed by atoms with Crippen molar-refractivity contribution in [3.63, 3.8) is 0 Å². The van der Waals surface area contributed by atoms with E-state index in [1.165, 1.54) is 11.3 Å². The molecule has 25 heavy (non-hydrogen) atoms. The van der Waals surface area contributed by atoms with Crippen LogP contribution >= 0.6 is 0 Å². The Kier molecular flexibility index (Phi) is 4.10. The molecule has 0 aliphatic carbocycles. The molecule has 0 bridgehead atoms. The first-order chi connectivity index (χ1) is 12.2. The zero-order chi connectivity index (χ0) is 17.2. The van der Waals surface area contributed by atoms with Gasteiger partial charge in [-0.3, -0.25) is 0 Å². The molecule has 0 saturated carbocycles. The van der Waals surface area contributed by atoms with Gasteiger partial charge in [0, 0.05) is 29.9 Å². The molecule has 4 nitrogen and oxygen atoms in total. The van der Waals surface area contributed by atoms with Crippen molar-refractivity contribution in [3.05, 3.63) is 66.2 Å². The third-order valence-electron chi connectivity index (χ3n) is 4.35. The maximum atomic E-state index is 4.87. The number of aromatic nitrogens is 2. The Balaban J connectivity index is 1.80. The van der Waals surface area contributed by atoms with Gasteiger partial charge in [-0.25, -0.2) is 4.98 Å². The Morgan fingerprint density at radius 2 is 1.72 bits per heavy atom. The lowest BCUT2D eigenvalue weighted by Crippen LogP contribution is -2.19. The smallest absolute Gasteiger partial charge is 0.232 e. The second kappa shape index (κ2) is 6.55. The summed E-state index contributed by atoms with van der Waals surface area (Å²) in [6.45, 7) is 5.16. The number of hydrogen-bond donors (Lipinski definition) is 1. The molecule has 0 radical (unpaired) electrons. The summed E-state index contributed by atoms with van der Waals surface area (Å²) >= 11 is 0. The Morgan fingerprint density at radius 1 is 0.960 bits per heavy atom. The fraction of sp³-hybridized carbons (Fsp3) is 0.238. The van der Waals surface area contributed by atoms with Crippen molar-refractivity contribution in [3.8, 4) is 11.3 Å². The quantitative estimate of drug-likeness (QED) is 0.755. The molecule has 4 rings (SSSR count). The Morgan fingerprint density at radius 3 is 2.52 bits per heavy atom. The van der Waals surface area contributed by atoms with Crippen LogP contribution in [0.1, 0.15) is 19.4 Å². The van der Waals surface area contributed by atoms with Crippen LogP contribution in [0.2, 0.25) is 0 Å². The normalized spacial score (nSPS) is 13.2. The zero-order valence-electron chi connectivity index (χ0n) is 14.6. The van der Waals surface area contributed by atoms with Crippen molar-refractivity contribution < 1.29 is 0 Å². The third kappa shape index (κ3) is 3.20. The van der Waals surface area contributed by atoms with Gasteiger partial charge in [-0.1, -0.05) is 48.5 Å². The van der Waals surface area contributed by atoms with Gasteiger partial charge in [0.1, 0.15) is 5.82 Å². The molecule has 1 aliphatic rings. The van der Waals surface area contributed by atoms with Gasteiger partial charge in [0.2, 0.25) is 5.95 Å². The molecule has 0 unspecified atom stereocenters. The highest BCUT2D eigenvalue weighted by Gasteiger charge is 2.23. The van der Waals surface area contributed by atoms with Gasteiger partial charge in [0.05, 0.1) is 5.69 Å². The molecule has 0 amide bonds. The number of para-hydroxylation sites is 1. The number of hydrogen-bond acceptors (Lipinski definition) is 4. The highest BCUT2D eigenvalue weighted by molar-refractivity contribution is 5.70. The summed E-state index contributed by atoms with van der Waals surface area (Å²) in [6, 6.07) is 21.1. The van der Waals surface area contributed by atoms with Gasteiger partial charge in [0.25, 0.3) is 0 Å². The lowest BCUT2D eigenvalue weighted by Gasteiger charge is -2.20. The summed E-state index contributed by atoms with van der Waals surface area (Å²) in [5.74, 6) is 1.62. The number of nitrogens with zero attached hydrogens (tertiary/aromatic N) is 3. The van der Waals surface area contributed by atoms with Crippen LogP contribution in [-0.2, 0) is 6.42 Å². The van der Waals surface area contributed by atoms with Crippen molar-refractivity contribution in [2.75, 3.05) is 16.8 Å². The second-order valence-electron chi connectivity index (χ2n) is 6.63. The monoisotopic (exact) mass is 330 g/mol. The lowest BCUT2D eigenvalue weighted by atomic mass is 10.1. The minimum atomic E-state index is 0.317. The molecule has 2 heterocycles. The fourth-order valence-electron chi connectivity index (χ4n) is 3.23. The average Bonchev–Trinajstić information content (AvgIpc) is 3.06. The Labute approximate surface area is 148 Å². The van der Waals surface area contributed by atoms with E-state index in [4.69, 9.17) is 9.97 Å². The van der Waals surface area contributed by atoms with E-state index in [2.05, 4.69) is 60.5 Å². The SMILES string of the molecule is CC(C)Nc1cc(-c2ccccc2)nc(N2CCc3ccccc32)n1. The zero-order valence-corrected chi connectivity index (χ0v) is 14.6. The molecule has 0 atom stereocenters. The van der Waals surface area contributed by atoms with Crippen LogP contribution in [0, 0.1) is 0 Å². The van der Waals surface area contributed by atoms with Crippen LogP contribution < -0.4 is 10.2 Å². The third-order valence-corrected chi connectivity index (χ3v) is 4.35. The topological polar surface area (TPSA) is 41.1 Å². The van der Waals surface area contributed by atoms with E-state index in [1.807, 2.05) is 24.3 Å². The molecule has 4 heteroatoms. The summed E-state index contributed by atoms with van der Waals surface area (Å²) in [7, 11) is 0. The number of nitrogens with one attached hydrogen (secondary N) is 1. The Hall–Kier alpha value is -2.88. The van der Waals surface area contributed by atoms with E-state index in [0.29, 0.717) is 6.04 Å². The number of rotatable bonds is 4. The molecule has 2 aromatic carbocycles. The molecule has 3 aromatic rings. The van der Waals surface area contributed by atoms with Crippen LogP contribution in [0.25, 0.3) is 11.3 Å².